The van der Waals surface area contributed by atoms with Gasteiger partial charge in [-0.2, -0.15) is 22.1 Å². The molecule has 128 valence electrons. The normalized spacial score (nSPS) is 22.2. The lowest BCUT2D eigenvalue weighted by molar-refractivity contribution is 0.182. The first kappa shape index (κ1) is 16.1. The lowest BCUT2D eigenvalue weighted by Gasteiger charge is -2.23. The minimum Gasteiger partial charge on any atom is -0.377 e. The number of pyridine rings is 1. The quantitative estimate of drug-likeness (QED) is 0.888. The van der Waals surface area contributed by atoms with Gasteiger partial charge in [-0.15, -0.1) is 0 Å². The average Bonchev–Trinajstić information content (AvgIpc) is 3.09. The Kier molecular flexibility index (Phi) is 4.42. The van der Waals surface area contributed by atoms with E-state index in [4.69, 9.17) is 4.74 Å². The first-order valence-electron chi connectivity index (χ1n) is 8.15. The maximum absolute atomic E-state index is 12.5. The molecule has 4 rings (SSSR count). The molecular formula is C17H17N5O2S. The minimum absolute atomic E-state index is 0.106. The van der Waals surface area contributed by atoms with Gasteiger partial charge < -0.3 is 10.1 Å². The second kappa shape index (κ2) is 6.86. The molecular weight excluding hydrogens is 338 g/mol. The van der Waals surface area contributed by atoms with Crippen molar-refractivity contribution < 1.29 is 4.74 Å². The molecule has 4 heterocycles. The van der Waals surface area contributed by atoms with Gasteiger partial charge in [-0.1, -0.05) is 0 Å². The fraction of sp³-hybridized carbons (Fsp3) is 0.412. The Morgan fingerprint density at radius 2 is 2.36 bits per heavy atom. The smallest absolute Gasteiger partial charge is 0.267 e. The van der Waals surface area contributed by atoms with Crippen LogP contribution in [0.5, 0.6) is 0 Å². The van der Waals surface area contributed by atoms with Gasteiger partial charge in [0.05, 0.1) is 30.5 Å². The monoisotopic (exact) mass is 355 g/mol. The van der Waals surface area contributed by atoms with Crippen molar-refractivity contribution >= 4 is 17.6 Å². The van der Waals surface area contributed by atoms with Crippen molar-refractivity contribution in [3.63, 3.8) is 0 Å². The van der Waals surface area contributed by atoms with E-state index in [9.17, 15) is 10.1 Å². The maximum Gasteiger partial charge on any atom is 0.267 e. The average molecular weight is 355 g/mol. The number of rotatable bonds is 3. The number of nitrogens with zero attached hydrogens (tertiary/aromatic N) is 4. The molecule has 2 atom stereocenters. The third-order valence-electron chi connectivity index (χ3n) is 4.48. The van der Waals surface area contributed by atoms with Crippen molar-refractivity contribution in [1.82, 2.24) is 14.8 Å². The highest BCUT2D eigenvalue weighted by Gasteiger charge is 2.32. The zero-order chi connectivity index (χ0) is 17.2. The molecule has 2 aliphatic heterocycles. The van der Waals surface area contributed by atoms with Crippen molar-refractivity contribution in [2.75, 3.05) is 24.3 Å². The zero-order valence-electron chi connectivity index (χ0n) is 13.5. The highest BCUT2D eigenvalue weighted by molar-refractivity contribution is 7.98. The highest BCUT2D eigenvalue weighted by Crippen LogP contribution is 2.25. The molecule has 0 amide bonds. The molecule has 0 bridgehead atoms. The Morgan fingerprint density at radius 3 is 3.24 bits per heavy atom. The summed E-state index contributed by atoms with van der Waals surface area (Å²) < 4.78 is 7.13. The van der Waals surface area contributed by atoms with Gasteiger partial charge in [-0.05, 0) is 23.4 Å². The minimum atomic E-state index is -0.221. The van der Waals surface area contributed by atoms with Crippen molar-refractivity contribution in [2.24, 2.45) is 0 Å². The number of ether oxygens (including phenoxy) is 1. The SMILES string of the molecule is N#Cc1cccnc1NC1COCC1n1nc2c(cc1=O)CSCC2. The van der Waals surface area contributed by atoms with Crippen molar-refractivity contribution in [3.05, 3.63) is 51.6 Å². The summed E-state index contributed by atoms with van der Waals surface area (Å²) in [6, 6.07) is 6.87. The van der Waals surface area contributed by atoms with Crippen LogP contribution in [0.25, 0.3) is 0 Å². The van der Waals surface area contributed by atoms with E-state index in [1.807, 2.05) is 11.8 Å². The van der Waals surface area contributed by atoms with Crippen molar-refractivity contribution in [2.45, 2.75) is 24.3 Å². The largest absolute Gasteiger partial charge is 0.377 e. The molecule has 0 saturated carbocycles. The zero-order valence-corrected chi connectivity index (χ0v) is 14.3. The van der Waals surface area contributed by atoms with Crippen LogP contribution in [0.2, 0.25) is 0 Å². The molecule has 1 N–H and O–H groups in total. The molecule has 0 spiro atoms. The van der Waals surface area contributed by atoms with E-state index in [-0.39, 0.29) is 17.6 Å². The summed E-state index contributed by atoms with van der Waals surface area (Å²) >= 11 is 1.83. The van der Waals surface area contributed by atoms with E-state index >= 15 is 0 Å². The fourth-order valence-electron chi connectivity index (χ4n) is 3.17. The molecule has 25 heavy (non-hydrogen) atoms. The first-order chi connectivity index (χ1) is 12.3. The summed E-state index contributed by atoms with van der Waals surface area (Å²) in [6.45, 7) is 0.847. The third-order valence-corrected chi connectivity index (χ3v) is 5.49. The van der Waals surface area contributed by atoms with Gasteiger partial charge in [0.2, 0.25) is 0 Å². The second-order valence-corrected chi connectivity index (χ2v) is 7.17. The van der Waals surface area contributed by atoms with E-state index in [1.54, 1.807) is 24.4 Å². The predicted molar refractivity (Wildman–Crippen MR) is 94.6 cm³/mol. The molecule has 8 heteroatoms. The van der Waals surface area contributed by atoms with Crippen molar-refractivity contribution in [1.29, 1.82) is 5.26 Å². The van der Waals surface area contributed by atoms with E-state index in [2.05, 4.69) is 21.5 Å². The number of nitriles is 1. The number of thioether (sulfide) groups is 1. The van der Waals surface area contributed by atoms with Gasteiger partial charge in [0.15, 0.2) is 0 Å². The molecule has 7 nitrogen and oxygen atoms in total. The summed E-state index contributed by atoms with van der Waals surface area (Å²) in [4.78, 5) is 16.8. The van der Waals surface area contributed by atoms with E-state index < -0.39 is 0 Å². The number of aryl methyl sites for hydroxylation is 1. The van der Waals surface area contributed by atoms with Crippen LogP contribution in [0.15, 0.2) is 29.2 Å². The Hall–Kier alpha value is -2.37. The molecule has 2 unspecified atom stereocenters. The second-order valence-electron chi connectivity index (χ2n) is 6.07. The highest BCUT2D eigenvalue weighted by atomic mass is 32.2. The molecule has 2 aromatic rings. The Balaban J connectivity index is 1.64. The van der Waals surface area contributed by atoms with Crippen LogP contribution in [0.1, 0.15) is 22.9 Å². The number of aromatic nitrogens is 3. The molecule has 1 fully saturated rings. The van der Waals surface area contributed by atoms with E-state index in [0.717, 1.165) is 29.2 Å². The molecule has 2 aliphatic rings. The van der Waals surface area contributed by atoms with Crippen LogP contribution in [0.4, 0.5) is 5.82 Å². The fourth-order valence-corrected chi connectivity index (χ4v) is 4.13. The van der Waals surface area contributed by atoms with Crippen LogP contribution in [-0.2, 0) is 16.9 Å². The van der Waals surface area contributed by atoms with Crippen LogP contribution in [0, 0.1) is 11.3 Å². The number of hydrogen-bond donors (Lipinski definition) is 1. The van der Waals surface area contributed by atoms with E-state index in [0.29, 0.717) is 24.6 Å². The Bertz CT molecular complexity index is 891. The molecule has 1 saturated heterocycles. The third kappa shape index (κ3) is 3.13. The van der Waals surface area contributed by atoms with Crippen LogP contribution in [-0.4, -0.2) is 39.8 Å². The summed E-state index contributed by atoms with van der Waals surface area (Å²) in [7, 11) is 0. The molecule has 0 aromatic carbocycles. The number of nitrogens with one attached hydrogen (secondary N) is 1. The summed E-state index contributed by atoms with van der Waals surface area (Å²) in [5.41, 5.74) is 2.40. The van der Waals surface area contributed by atoms with Crippen molar-refractivity contribution in [3.8, 4) is 6.07 Å². The predicted octanol–water partition coefficient (Wildman–Crippen LogP) is 1.35. The van der Waals surface area contributed by atoms with Gasteiger partial charge in [0.25, 0.3) is 5.56 Å². The molecule has 2 aromatic heterocycles. The van der Waals surface area contributed by atoms with Crippen LogP contribution in [0.3, 0.4) is 0 Å². The summed E-state index contributed by atoms with van der Waals surface area (Å²) in [6.07, 6.45) is 2.51. The number of hydrogen-bond acceptors (Lipinski definition) is 7. The Morgan fingerprint density at radius 1 is 1.44 bits per heavy atom. The van der Waals surface area contributed by atoms with Crippen LogP contribution >= 0.6 is 11.8 Å². The van der Waals surface area contributed by atoms with E-state index in [1.165, 1.54) is 4.68 Å². The van der Waals surface area contributed by atoms with Gasteiger partial charge in [0, 0.05) is 24.4 Å². The molecule has 0 radical (unpaired) electrons. The van der Waals surface area contributed by atoms with Gasteiger partial charge in [-0.25, -0.2) is 9.67 Å². The first-order valence-corrected chi connectivity index (χ1v) is 9.30. The lowest BCUT2D eigenvalue weighted by atomic mass is 10.1. The van der Waals surface area contributed by atoms with Crippen LogP contribution < -0.4 is 10.9 Å². The van der Waals surface area contributed by atoms with Gasteiger partial charge in [0.1, 0.15) is 17.9 Å². The Labute approximate surface area is 149 Å². The number of anilines is 1. The van der Waals surface area contributed by atoms with Gasteiger partial charge in [-0.3, -0.25) is 4.79 Å². The van der Waals surface area contributed by atoms with Gasteiger partial charge >= 0.3 is 0 Å². The summed E-state index contributed by atoms with van der Waals surface area (Å²) in [5, 5.41) is 17.1. The standard InChI is InChI=1S/C17H17N5O2S/c18-7-11-2-1-4-19-17(11)20-14-8-24-9-15(14)22-16(23)6-12-10-25-5-3-13(12)21-22/h1-2,4,6,14-15H,3,5,8-10H2,(H,19,20). The topological polar surface area (TPSA) is 92.8 Å². The number of fused-ring (bicyclic) bond motifs is 1. The maximum atomic E-state index is 12.5. The molecule has 0 aliphatic carbocycles. The summed E-state index contributed by atoms with van der Waals surface area (Å²) in [5.74, 6) is 2.38. The lowest BCUT2D eigenvalue weighted by Crippen LogP contribution is -2.38.